The maximum absolute atomic E-state index is 13.8. The number of carbonyl (C=O) groups excluding carboxylic acids is 2. The lowest BCUT2D eigenvalue weighted by Crippen LogP contribution is -2.54. The molecule has 37 heavy (non-hydrogen) atoms. The summed E-state index contributed by atoms with van der Waals surface area (Å²) in [6, 6.07) is 11.6. The van der Waals surface area contributed by atoms with Gasteiger partial charge in [-0.05, 0) is 43.9 Å². The Morgan fingerprint density at radius 3 is 2.30 bits per heavy atom. The zero-order valence-corrected chi connectivity index (χ0v) is 23.9. The average molecular weight is 569 g/mol. The van der Waals surface area contributed by atoms with Crippen LogP contribution in [0.4, 0.5) is 5.69 Å². The molecule has 1 fully saturated rings. The summed E-state index contributed by atoms with van der Waals surface area (Å²) < 4.78 is 26.5. The first-order valence-corrected chi connectivity index (χ1v) is 15.2. The molecule has 0 bridgehead atoms. The summed E-state index contributed by atoms with van der Waals surface area (Å²) in [5, 5.41) is 3.34. The third-order valence-corrected chi connectivity index (χ3v) is 8.63. The van der Waals surface area contributed by atoms with Crippen molar-refractivity contribution < 1.29 is 18.0 Å². The molecule has 2 aromatic carbocycles. The van der Waals surface area contributed by atoms with Gasteiger partial charge in [0.1, 0.15) is 12.6 Å². The Kier molecular flexibility index (Phi) is 10.3. The fraction of sp³-hybridized carbons (Fsp3) is 0.481. The number of hydrogen-bond acceptors (Lipinski definition) is 4. The smallest absolute Gasteiger partial charge is 0.244 e. The molecule has 0 aliphatic heterocycles. The zero-order chi connectivity index (χ0) is 27.2. The summed E-state index contributed by atoms with van der Waals surface area (Å²) in [6.45, 7) is 3.47. The standard InChI is InChI=1S/C27H35Cl2N3O4S/c1-4-23(27(34)30-21-9-6-5-7-10-21)31(17-20-15-13-19(2)14-16-20)25(33)18-32(37(3,35)36)24-12-8-11-22(28)26(24)29/h8,11-16,21,23H,4-7,9-10,17-18H2,1-3H3,(H,30,34). The molecule has 1 atom stereocenters. The largest absolute Gasteiger partial charge is 0.352 e. The van der Waals surface area contributed by atoms with Gasteiger partial charge >= 0.3 is 0 Å². The summed E-state index contributed by atoms with van der Waals surface area (Å²) in [5.74, 6) is -0.728. The van der Waals surface area contributed by atoms with Crippen molar-refractivity contribution in [3.05, 3.63) is 63.6 Å². The summed E-state index contributed by atoms with van der Waals surface area (Å²) in [6.07, 6.45) is 6.53. The minimum atomic E-state index is -3.90. The van der Waals surface area contributed by atoms with E-state index in [2.05, 4.69) is 5.32 Å². The van der Waals surface area contributed by atoms with Gasteiger partial charge < -0.3 is 10.2 Å². The van der Waals surface area contributed by atoms with Gasteiger partial charge in [-0.3, -0.25) is 13.9 Å². The Labute approximate surface area is 230 Å². The number of rotatable bonds is 10. The molecule has 0 heterocycles. The second kappa shape index (κ2) is 13.0. The van der Waals surface area contributed by atoms with E-state index < -0.39 is 28.5 Å². The highest BCUT2D eigenvalue weighted by molar-refractivity contribution is 7.92. The highest BCUT2D eigenvalue weighted by Crippen LogP contribution is 2.34. The van der Waals surface area contributed by atoms with E-state index in [4.69, 9.17) is 23.2 Å². The third kappa shape index (κ3) is 7.85. The number of nitrogens with one attached hydrogen (secondary N) is 1. The van der Waals surface area contributed by atoms with Gasteiger partial charge in [0.05, 0.1) is 22.0 Å². The molecule has 7 nitrogen and oxygen atoms in total. The molecule has 1 aliphatic carbocycles. The quantitative estimate of drug-likeness (QED) is 0.420. The van der Waals surface area contributed by atoms with Crippen LogP contribution in [0.3, 0.4) is 0 Å². The molecule has 1 aliphatic rings. The Hall–Kier alpha value is -2.29. The summed E-state index contributed by atoms with van der Waals surface area (Å²) >= 11 is 12.5. The second-order valence-electron chi connectivity index (χ2n) is 9.62. The molecule has 1 saturated carbocycles. The summed E-state index contributed by atoms with van der Waals surface area (Å²) in [5.41, 5.74) is 2.03. The first-order valence-electron chi connectivity index (χ1n) is 12.6. The number of benzene rings is 2. The van der Waals surface area contributed by atoms with Crippen LogP contribution in [0.1, 0.15) is 56.6 Å². The molecule has 1 unspecified atom stereocenters. The van der Waals surface area contributed by atoms with Gasteiger partial charge in [-0.2, -0.15) is 0 Å². The molecule has 0 aromatic heterocycles. The molecule has 2 amide bonds. The highest BCUT2D eigenvalue weighted by Gasteiger charge is 2.33. The molecular weight excluding hydrogens is 533 g/mol. The van der Waals surface area contributed by atoms with Gasteiger partial charge in [0.15, 0.2) is 0 Å². The Morgan fingerprint density at radius 2 is 1.70 bits per heavy atom. The second-order valence-corrected chi connectivity index (χ2v) is 12.3. The van der Waals surface area contributed by atoms with E-state index >= 15 is 0 Å². The van der Waals surface area contributed by atoms with Gasteiger partial charge in [-0.25, -0.2) is 8.42 Å². The van der Waals surface area contributed by atoms with Crippen LogP contribution in [0.25, 0.3) is 0 Å². The third-order valence-electron chi connectivity index (χ3n) is 6.69. The predicted octanol–water partition coefficient (Wildman–Crippen LogP) is 5.32. The Balaban J connectivity index is 1.93. The minimum absolute atomic E-state index is 0.0366. The zero-order valence-electron chi connectivity index (χ0n) is 21.5. The van der Waals surface area contributed by atoms with Crippen molar-refractivity contribution >= 4 is 50.7 Å². The topological polar surface area (TPSA) is 86.8 Å². The number of anilines is 1. The maximum atomic E-state index is 13.8. The average Bonchev–Trinajstić information content (AvgIpc) is 2.85. The summed E-state index contributed by atoms with van der Waals surface area (Å²) in [7, 11) is -3.90. The van der Waals surface area contributed by atoms with Crippen LogP contribution in [0.2, 0.25) is 10.0 Å². The molecule has 3 rings (SSSR count). The normalized spacial score (nSPS) is 15.2. The molecule has 2 aromatic rings. The van der Waals surface area contributed by atoms with Crippen LogP contribution in [0, 0.1) is 6.92 Å². The lowest BCUT2D eigenvalue weighted by molar-refractivity contribution is -0.140. The summed E-state index contributed by atoms with van der Waals surface area (Å²) in [4.78, 5) is 28.7. The molecule has 0 spiro atoms. The number of nitrogens with zero attached hydrogens (tertiary/aromatic N) is 2. The number of carbonyl (C=O) groups is 2. The predicted molar refractivity (Wildman–Crippen MR) is 149 cm³/mol. The molecule has 10 heteroatoms. The molecule has 1 N–H and O–H groups in total. The van der Waals surface area contributed by atoms with E-state index in [1.54, 1.807) is 12.1 Å². The first kappa shape index (κ1) is 29.3. The number of hydrogen-bond donors (Lipinski definition) is 1. The van der Waals surface area contributed by atoms with Crippen molar-refractivity contribution in [3.8, 4) is 0 Å². The lowest BCUT2D eigenvalue weighted by atomic mass is 9.95. The van der Waals surface area contributed by atoms with Crippen LogP contribution < -0.4 is 9.62 Å². The maximum Gasteiger partial charge on any atom is 0.244 e. The first-order chi connectivity index (χ1) is 17.5. The van der Waals surface area contributed by atoms with Crippen molar-refractivity contribution in [2.24, 2.45) is 0 Å². The molecule has 202 valence electrons. The van der Waals surface area contributed by atoms with Crippen molar-refractivity contribution in [1.82, 2.24) is 10.2 Å². The Bertz CT molecular complexity index is 1200. The lowest BCUT2D eigenvalue weighted by Gasteiger charge is -2.34. The van der Waals surface area contributed by atoms with Crippen molar-refractivity contribution in [2.75, 3.05) is 17.1 Å². The highest BCUT2D eigenvalue weighted by atomic mass is 35.5. The number of aryl methyl sites for hydroxylation is 1. The van der Waals surface area contributed by atoms with Gasteiger partial charge in [0, 0.05) is 12.6 Å². The fourth-order valence-corrected chi connectivity index (χ4v) is 5.94. The van der Waals surface area contributed by atoms with E-state index in [9.17, 15) is 18.0 Å². The van der Waals surface area contributed by atoms with Gasteiger partial charge in [-0.15, -0.1) is 0 Å². The van der Waals surface area contributed by atoms with Crippen molar-refractivity contribution in [3.63, 3.8) is 0 Å². The van der Waals surface area contributed by atoms with Crippen LogP contribution in [-0.2, 0) is 26.2 Å². The van der Waals surface area contributed by atoms with E-state index in [-0.39, 0.29) is 34.2 Å². The molecule has 0 radical (unpaired) electrons. The van der Waals surface area contributed by atoms with Crippen LogP contribution in [-0.4, -0.2) is 50.0 Å². The number of sulfonamides is 1. The Morgan fingerprint density at radius 1 is 1.05 bits per heavy atom. The van der Waals surface area contributed by atoms with Crippen molar-refractivity contribution in [2.45, 2.75) is 71.0 Å². The van der Waals surface area contributed by atoms with E-state index in [1.165, 1.54) is 11.0 Å². The van der Waals surface area contributed by atoms with Crippen LogP contribution >= 0.6 is 23.2 Å². The number of halogens is 2. The van der Waals surface area contributed by atoms with Gasteiger partial charge in [-0.1, -0.05) is 85.3 Å². The van der Waals surface area contributed by atoms with Crippen LogP contribution in [0.5, 0.6) is 0 Å². The van der Waals surface area contributed by atoms with E-state index in [0.717, 1.165) is 53.8 Å². The van der Waals surface area contributed by atoms with Gasteiger partial charge in [0.25, 0.3) is 0 Å². The van der Waals surface area contributed by atoms with E-state index in [1.807, 2.05) is 38.1 Å². The number of amides is 2. The molecular formula is C27H35Cl2N3O4S. The van der Waals surface area contributed by atoms with Crippen molar-refractivity contribution in [1.29, 1.82) is 0 Å². The van der Waals surface area contributed by atoms with Gasteiger partial charge in [0.2, 0.25) is 21.8 Å². The van der Waals surface area contributed by atoms with E-state index in [0.29, 0.717) is 6.42 Å². The van der Waals surface area contributed by atoms with Crippen LogP contribution in [0.15, 0.2) is 42.5 Å². The SMILES string of the molecule is CCC(C(=O)NC1CCCCC1)N(Cc1ccc(C)cc1)C(=O)CN(c1cccc(Cl)c1Cl)S(C)(=O)=O. The monoisotopic (exact) mass is 567 g/mol. The fourth-order valence-electron chi connectivity index (χ4n) is 4.63. The molecule has 0 saturated heterocycles. The minimum Gasteiger partial charge on any atom is -0.352 e.